The number of carbonyl (C=O) groups excluding carboxylic acids is 2. The summed E-state index contributed by atoms with van der Waals surface area (Å²) in [4.78, 5) is 24.7. The molecule has 0 unspecified atom stereocenters. The first kappa shape index (κ1) is 20.0. The highest BCUT2D eigenvalue weighted by atomic mass is 16.6. The Balaban J connectivity index is 1.57. The van der Waals surface area contributed by atoms with Crippen molar-refractivity contribution >= 4 is 22.8 Å². The van der Waals surface area contributed by atoms with Gasteiger partial charge in [0.25, 0.3) is 5.91 Å². The monoisotopic (exact) mass is 385 g/mol. The van der Waals surface area contributed by atoms with Gasteiger partial charge >= 0.3 is 5.97 Å². The molecule has 0 fully saturated rings. The van der Waals surface area contributed by atoms with Crippen molar-refractivity contribution in [3.05, 3.63) is 41.2 Å². The molecule has 1 aliphatic rings. The third kappa shape index (κ3) is 4.55. The Kier molecular flexibility index (Phi) is 6.39. The number of carbonyl (C=O) groups is 2. The molecule has 1 aliphatic carbocycles. The van der Waals surface area contributed by atoms with Gasteiger partial charge in [0.15, 0.2) is 6.10 Å². The molecule has 0 spiro atoms. The van der Waals surface area contributed by atoms with Gasteiger partial charge in [0.1, 0.15) is 11.3 Å². The number of allylic oxidation sites excluding steroid dienone is 1. The van der Waals surface area contributed by atoms with Crippen LogP contribution in [0, 0.1) is 6.92 Å². The fourth-order valence-electron chi connectivity index (χ4n) is 3.41. The summed E-state index contributed by atoms with van der Waals surface area (Å²) in [7, 11) is 1.58. The Labute approximate surface area is 164 Å². The quantitative estimate of drug-likeness (QED) is 0.568. The predicted octanol–water partition coefficient (Wildman–Crippen LogP) is 4.30. The lowest BCUT2D eigenvalue weighted by atomic mass is 9.97. The molecule has 1 amide bonds. The zero-order chi connectivity index (χ0) is 20.1. The van der Waals surface area contributed by atoms with Gasteiger partial charge in [-0.25, -0.2) is 4.79 Å². The zero-order valence-corrected chi connectivity index (χ0v) is 16.7. The summed E-state index contributed by atoms with van der Waals surface area (Å²) in [6.07, 6.45) is 6.91. The second kappa shape index (κ2) is 8.95. The average molecular weight is 385 g/mol. The SMILES string of the molecule is COc1ccc2oc(C(=O)O[C@H](C)C(=O)NCCC3=CCCCC3)c(C)c2c1. The van der Waals surface area contributed by atoms with Crippen molar-refractivity contribution in [3.63, 3.8) is 0 Å². The number of rotatable bonds is 7. The predicted molar refractivity (Wildman–Crippen MR) is 107 cm³/mol. The largest absolute Gasteiger partial charge is 0.497 e. The smallest absolute Gasteiger partial charge is 0.375 e. The average Bonchev–Trinajstić information content (AvgIpc) is 3.04. The van der Waals surface area contributed by atoms with Crippen molar-refractivity contribution in [2.45, 2.75) is 52.1 Å². The number of furan rings is 1. The van der Waals surface area contributed by atoms with Crippen LogP contribution in [0.2, 0.25) is 0 Å². The van der Waals surface area contributed by atoms with Gasteiger partial charge in [-0.2, -0.15) is 0 Å². The number of ether oxygens (including phenoxy) is 2. The number of nitrogens with one attached hydrogen (secondary N) is 1. The van der Waals surface area contributed by atoms with E-state index in [1.165, 1.54) is 18.4 Å². The molecule has 2 aromatic rings. The van der Waals surface area contributed by atoms with E-state index in [2.05, 4.69) is 11.4 Å². The van der Waals surface area contributed by atoms with Crippen LogP contribution in [0.25, 0.3) is 11.0 Å². The normalized spacial score (nSPS) is 15.0. The number of hydrogen-bond donors (Lipinski definition) is 1. The molecular formula is C22H27NO5. The van der Waals surface area contributed by atoms with Gasteiger partial charge in [0.05, 0.1) is 7.11 Å². The number of hydrogen-bond acceptors (Lipinski definition) is 5. The molecule has 6 nitrogen and oxygen atoms in total. The summed E-state index contributed by atoms with van der Waals surface area (Å²) < 4.78 is 16.2. The van der Waals surface area contributed by atoms with E-state index < -0.39 is 12.1 Å². The second-order valence-electron chi connectivity index (χ2n) is 7.11. The van der Waals surface area contributed by atoms with Crippen LogP contribution in [0.3, 0.4) is 0 Å². The minimum atomic E-state index is -0.894. The highest BCUT2D eigenvalue weighted by molar-refractivity contribution is 5.97. The molecular weight excluding hydrogens is 358 g/mol. The van der Waals surface area contributed by atoms with E-state index >= 15 is 0 Å². The van der Waals surface area contributed by atoms with E-state index in [1.54, 1.807) is 39.2 Å². The van der Waals surface area contributed by atoms with Crippen molar-refractivity contribution in [3.8, 4) is 5.75 Å². The molecule has 1 aromatic carbocycles. The third-order valence-electron chi connectivity index (χ3n) is 5.11. The van der Waals surface area contributed by atoms with Crippen LogP contribution >= 0.6 is 0 Å². The van der Waals surface area contributed by atoms with Crippen LogP contribution in [0.5, 0.6) is 5.75 Å². The molecule has 0 saturated carbocycles. The van der Waals surface area contributed by atoms with E-state index in [0.29, 0.717) is 23.4 Å². The number of esters is 1. The van der Waals surface area contributed by atoms with Gasteiger partial charge in [-0.1, -0.05) is 11.6 Å². The van der Waals surface area contributed by atoms with Crippen molar-refractivity contribution in [2.24, 2.45) is 0 Å². The molecule has 28 heavy (non-hydrogen) atoms. The first-order valence-electron chi connectivity index (χ1n) is 9.73. The van der Waals surface area contributed by atoms with Crippen LogP contribution < -0.4 is 10.1 Å². The lowest BCUT2D eigenvalue weighted by molar-refractivity contribution is -0.129. The fourth-order valence-corrected chi connectivity index (χ4v) is 3.41. The molecule has 150 valence electrons. The van der Waals surface area contributed by atoms with E-state index in [0.717, 1.165) is 24.6 Å². The van der Waals surface area contributed by atoms with Gasteiger partial charge in [0, 0.05) is 17.5 Å². The maximum Gasteiger partial charge on any atom is 0.375 e. The molecule has 1 N–H and O–H groups in total. The van der Waals surface area contributed by atoms with E-state index in [4.69, 9.17) is 13.9 Å². The Morgan fingerprint density at radius 2 is 2.11 bits per heavy atom. The minimum Gasteiger partial charge on any atom is -0.497 e. The zero-order valence-electron chi connectivity index (χ0n) is 16.7. The highest BCUT2D eigenvalue weighted by Crippen LogP contribution is 2.29. The highest BCUT2D eigenvalue weighted by Gasteiger charge is 2.24. The molecule has 0 saturated heterocycles. The summed E-state index contributed by atoms with van der Waals surface area (Å²) in [5.74, 6) is -0.169. The van der Waals surface area contributed by atoms with Crippen LogP contribution in [0.1, 0.15) is 55.1 Å². The lowest BCUT2D eigenvalue weighted by Gasteiger charge is -2.15. The standard InChI is InChI=1S/C22H27NO5/c1-14-18-13-17(26-3)9-10-19(18)28-20(14)22(25)27-15(2)21(24)23-12-11-16-7-5-4-6-8-16/h7,9-10,13,15H,4-6,8,11-12H2,1-3H3,(H,23,24)/t15-/m1/s1. The van der Waals surface area contributed by atoms with Crippen molar-refractivity contribution in [1.29, 1.82) is 0 Å². The van der Waals surface area contributed by atoms with Crippen molar-refractivity contribution in [2.75, 3.05) is 13.7 Å². The van der Waals surface area contributed by atoms with E-state index in [9.17, 15) is 9.59 Å². The topological polar surface area (TPSA) is 77.8 Å². The number of benzene rings is 1. The Hall–Kier alpha value is -2.76. The number of methoxy groups -OCH3 is 1. The minimum absolute atomic E-state index is 0.107. The van der Waals surface area contributed by atoms with Gasteiger partial charge in [0.2, 0.25) is 5.76 Å². The van der Waals surface area contributed by atoms with Crippen LogP contribution in [-0.2, 0) is 9.53 Å². The summed E-state index contributed by atoms with van der Waals surface area (Å²) in [6, 6.07) is 5.31. The van der Waals surface area contributed by atoms with Crippen LogP contribution in [-0.4, -0.2) is 31.6 Å². The van der Waals surface area contributed by atoms with Crippen LogP contribution in [0.4, 0.5) is 0 Å². The number of fused-ring (bicyclic) bond motifs is 1. The van der Waals surface area contributed by atoms with E-state index in [-0.39, 0.29) is 11.7 Å². The first-order valence-corrected chi connectivity index (χ1v) is 9.73. The van der Waals surface area contributed by atoms with Gasteiger partial charge in [-0.15, -0.1) is 0 Å². The van der Waals surface area contributed by atoms with Gasteiger partial charge in [-0.05, 0) is 64.2 Å². The lowest BCUT2D eigenvalue weighted by Crippen LogP contribution is -2.36. The van der Waals surface area contributed by atoms with Gasteiger partial charge in [-0.3, -0.25) is 4.79 Å². The second-order valence-corrected chi connectivity index (χ2v) is 7.11. The Bertz CT molecular complexity index is 896. The third-order valence-corrected chi connectivity index (χ3v) is 5.11. The first-order chi connectivity index (χ1) is 13.5. The van der Waals surface area contributed by atoms with Crippen LogP contribution in [0.15, 0.2) is 34.3 Å². The van der Waals surface area contributed by atoms with Gasteiger partial charge < -0.3 is 19.2 Å². The molecule has 0 bridgehead atoms. The summed E-state index contributed by atoms with van der Waals surface area (Å²) in [5, 5.41) is 3.62. The maximum atomic E-state index is 12.5. The molecule has 1 atom stereocenters. The summed E-state index contributed by atoms with van der Waals surface area (Å²) >= 11 is 0. The van der Waals surface area contributed by atoms with E-state index in [1.807, 2.05) is 0 Å². The summed E-state index contributed by atoms with van der Waals surface area (Å²) in [5.41, 5.74) is 2.63. The van der Waals surface area contributed by atoms with Crippen molar-refractivity contribution < 1.29 is 23.5 Å². The molecule has 1 aromatic heterocycles. The molecule has 1 heterocycles. The maximum absolute atomic E-state index is 12.5. The number of aryl methyl sites for hydroxylation is 1. The number of amides is 1. The van der Waals surface area contributed by atoms with Crippen molar-refractivity contribution in [1.82, 2.24) is 5.32 Å². The molecule has 0 radical (unpaired) electrons. The Morgan fingerprint density at radius 3 is 2.82 bits per heavy atom. The summed E-state index contributed by atoms with van der Waals surface area (Å²) in [6.45, 7) is 3.90. The Morgan fingerprint density at radius 1 is 1.29 bits per heavy atom. The molecule has 6 heteroatoms. The molecule has 0 aliphatic heterocycles. The fraction of sp³-hybridized carbons (Fsp3) is 0.455. The molecule has 3 rings (SSSR count).